The van der Waals surface area contributed by atoms with Crippen LogP contribution in [-0.4, -0.2) is 12.6 Å². The van der Waals surface area contributed by atoms with Crippen molar-refractivity contribution in [2.75, 3.05) is 0 Å². The maximum Gasteiger partial charge on any atom is 0.134 e. The van der Waals surface area contributed by atoms with Crippen molar-refractivity contribution in [2.45, 2.75) is 6.92 Å². The molecule has 3 nitrogen and oxygen atoms in total. The van der Waals surface area contributed by atoms with Gasteiger partial charge in [-0.15, -0.1) is 0 Å². The molecule has 3 heteroatoms. The Balaban J connectivity index is 3.07. The quantitative estimate of drug-likeness (QED) is 0.207. The van der Waals surface area contributed by atoms with E-state index in [1.165, 1.54) is 6.34 Å². The first-order chi connectivity index (χ1) is 2.91. The zero-order valence-electron chi connectivity index (χ0n) is 3.63. The summed E-state index contributed by atoms with van der Waals surface area (Å²) in [7, 11) is 0. The molecule has 0 atom stereocenters. The molecule has 2 N–H and O–H groups in total. The van der Waals surface area contributed by atoms with Gasteiger partial charge < -0.3 is 5.84 Å². The highest BCUT2D eigenvalue weighted by atomic mass is 15.1. The van der Waals surface area contributed by atoms with Gasteiger partial charge >= 0.3 is 0 Å². The SMILES string of the molecule is CC=N/C=N\N. The summed E-state index contributed by atoms with van der Waals surface area (Å²) in [5.41, 5.74) is 0. The van der Waals surface area contributed by atoms with Crippen molar-refractivity contribution in [3.63, 3.8) is 0 Å². The van der Waals surface area contributed by atoms with Crippen LogP contribution in [0.3, 0.4) is 0 Å². The fourth-order valence-electron chi connectivity index (χ4n) is 0.105. The van der Waals surface area contributed by atoms with E-state index in [9.17, 15) is 0 Å². The van der Waals surface area contributed by atoms with Crippen molar-refractivity contribution in [1.29, 1.82) is 0 Å². The highest BCUT2D eigenvalue weighted by Crippen LogP contribution is 1.49. The van der Waals surface area contributed by atoms with Gasteiger partial charge in [0.15, 0.2) is 0 Å². The highest BCUT2D eigenvalue weighted by molar-refractivity contribution is 5.70. The third-order valence-electron chi connectivity index (χ3n) is 0.282. The standard InChI is InChI=1S/C3H7N3/c1-2-5-3-6-4/h2-3H,4H2,1H3/b5-2?,6-3-. The van der Waals surface area contributed by atoms with Gasteiger partial charge in [0.05, 0.1) is 0 Å². The molecule has 0 aliphatic heterocycles. The summed E-state index contributed by atoms with van der Waals surface area (Å²) in [6.07, 6.45) is 2.89. The minimum absolute atomic E-state index is 1.28. The molecule has 34 valence electrons. The van der Waals surface area contributed by atoms with E-state index in [1.807, 2.05) is 0 Å². The Labute approximate surface area is 36.6 Å². The summed E-state index contributed by atoms with van der Waals surface area (Å²) in [5.74, 6) is 4.67. The molecule has 0 amide bonds. The molecule has 0 saturated heterocycles. The third kappa shape index (κ3) is 3.14. The summed E-state index contributed by atoms with van der Waals surface area (Å²) < 4.78 is 0. The second-order valence-corrected chi connectivity index (χ2v) is 0.672. The largest absolute Gasteiger partial charge is 0.322 e. The van der Waals surface area contributed by atoms with Crippen LogP contribution >= 0.6 is 0 Å². The summed E-state index contributed by atoms with van der Waals surface area (Å²) in [6.45, 7) is 1.79. The first-order valence-electron chi connectivity index (χ1n) is 1.61. The molecule has 0 aromatic heterocycles. The van der Waals surface area contributed by atoms with Crippen LogP contribution in [0.5, 0.6) is 0 Å². The van der Waals surface area contributed by atoms with Crippen molar-refractivity contribution >= 4 is 12.6 Å². The van der Waals surface area contributed by atoms with Crippen molar-refractivity contribution in [3.8, 4) is 0 Å². The molecule has 0 radical (unpaired) electrons. The average molecular weight is 85.1 g/mol. The van der Waals surface area contributed by atoms with Gasteiger partial charge in [-0.05, 0) is 6.92 Å². The van der Waals surface area contributed by atoms with Crippen LogP contribution in [0.15, 0.2) is 10.1 Å². The van der Waals surface area contributed by atoms with E-state index in [1.54, 1.807) is 13.1 Å². The lowest BCUT2D eigenvalue weighted by atomic mass is 10.9. The van der Waals surface area contributed by atoms with E-state index in [0.717, 1.165) is 0 Å². The second kappa shape index (κ2) is 4.14. The number of nitrogens with zero attached hydrogens (tertiary/aromatic N) is 2. The zero-order chi connectivity index (χ0) is 4.83. The van der Waals surface area contributed by atoms with Crippen LogP contribution in [0.4, 0.5) is 0 Å². The molecule has 0 unspecified atom stereocenters. The Morgan fingerprint density at radius 2 is 2.33 bits per heavy atom. The average Bonchev–Trinajstić information content (AvgIpc) is 1.61. The smallest absolute Gasteiger partial charge is 0.134 e. The molecule has 0 fully saturated rings. The summed E-state index contributed by atoms with van der Waals surface area (Å²) in [5, 5.41) is 3.10. The van der Waals surface area contributed by atoms with Gasteiger partial charge in [0.25, 0.3) is 0 Å². The summed E-state index contributed by atoms with van der Waals surface area (Å²) >= 11 is 0. The second-order valence-electron chi connectivity index (χ2n) is 0.672. The molecule has 0 rings (SSSR count). The van der Waals surface area contributed by atoms with E-state index in [4.69, 9.17) is 0 Å². The van der Waals surface area contributed by atoms with Gasteiger partial charge in [0.1, 0.15) is 6.34 Å². The number of hydrogen-bond donors (Lipinski definition) is 1. The van der Waals surface area contributed by atoms with Gasteiger partial charge in [0, 0.05) is 6.21 Å². The van der Waals surface area contributed by atoms with E-state index in [-0.39, 0.29) is 0 Å². The van der Waals surface area contributed by atoms with Crippen LogP contribution in [0.2, 0.25) is 0 Å². The van der Waals surface area contributed by atoms with Gasteiger partial charge in [-0.3, -0.25) is 0 Å². The number of rotatable bonds is 1. The predicted molar refractivity (Wildman–Crippen MR) is 26.8 cm³/mol. The van der Waals surface area contributed by atoms with Gasteiger partial charge in [-0.1, -0.05) is 0 Å². The molecule has 6 heavy (non-hydrogen) atoms. The third-order valence-corrected chi connectivity index (χ3v) is 0.282. The van der Waals surface area contributed by atoms with Crippen LogP contribution < -0.4 is 5.84 Å². The normalized spacial score (nSPS) is 11.5. The molecule has 0 heterocycles. The van der Waals surface area contributed by atoms with Crippen LogP contribution in [0, 0.1) is 0 Å². The molecular weight excluding hydrogens is 78.1 g/mol. The minimum atomic E-state index is 1.28. The van der Waals surface area contributed by atoms with Crippen LogP contribution in [0.1, 0.15) is 6.92 Å². The van der Waals surface area contributed by atoms with E-state index >= 15 is 0 Å². The Kier molecular flexibility index (Phi) is 3.55. The molecular formula is C3H7N3. The lowest BCUT2D eigenvalue weighted by molar-refractivity contribution is 1.25. The maximum atomic E-state index is 4.67. The fourth-order valence-corrected chi connectivity index (χ4v) is 0.105. The minimum Gasteiger partial charge on any atom is -0.322 e. The Morgan fingerprint density at radius 3 is 2.50 bits per heavy atom. The lowest BCUT2D eigenvalue weighted by Gasteiger charge is -1.65. The number of hydrogen-bond acceptors (Lipinski definition) is 2. The Morgan fingerprint density at radius 1 is 1.67 bits per heavy atom. The van der Waals surface area contributed by atoms with Crippen molar-refractivity contribution in [2.24, 2.45) is 15.9 Å². The van der Waals surface area contributed by atoms with Gasteiger partial charge in [-0.25, -0.2) is 4.99 Å². The number of hydrazone groups is 1. The zero-order valence-corrected chi connectivity index (χ0v) is 3.63. The summed E-state index contributed by atoms with van der Waals surface area (Å²) in [4.78, 5) is 3.55. The molecule has 0 bridgehead atoms. The van der Waals surface area contributed by atoms with Crippen LogP contribution in [-0.2, 0) is 0 Å². The molecule has 0 aliphatic rings. The predicted octanol–water partition coefficient (Wildman–Crippen LogP) is -0.0209. The molecule has 0 saturated carbocycles. The number of nitrogens with two attached hydrogens (primary N) is 1. The van der Waals surface area contributed by atoms with Crippen molar-refractivity contribution in [1.82, 2.24) is 0 Å². The molecule has 0 aromatic carbocycles. The monoisotopic (exact) mass is 85.1 g/mol. The lowest BCUT2D eigenvalue weighted by Crippen LogP contribution is -1.77. The highest BCUT2D eigenvalue weighted by Gasteiger charge is 1.49. The van der Waals surface area contributed by atoms with E-state index in [0.29, 0.717) is 0 Å². The van der Waals surface area contributed by atoms with Crippen molar-refractivity contribution in [3.05, 3.63) is 0 Å². The molecule has 0 aliphatic carbocycles. The van der Waals surface area contributed by atoms with E-state index < -0.39 is 0 Å². The first kappa shape index (κ1) is 5.14. The first-order valence-corrected chi connectivity index (χ1v) is 1.61. The van der Waals surface area contributed by atoms with Gasteiger partial charge in [-0.2, -0.15) is 5.10 Å². The van der Waals surface area contributed by atoms with Gasteiger partial charge in [0.2, 0.25) is 0 Å². The maximum absolute atomic E-state index is 4.67. The topological polar surface area (TPSA) is 50.7 Å². The number of aliphatic imine (C=N–C) groups is 1. The molecule has 0 aromatic rings. The molecule has 0 spiro atoms. The van der Waals surface area contributed by atoms with E-state index in [2.05, 4.69) is 15.9 Å². The summed E-state index contributed by atoms with van der Waals surface area (Å²) in [6, 6.07) is 0. The van der Waals surface area contributed by atoms with Crippen molar-refractivity contribution < 1.29 is 0 Å². The van der Waals surface area contributed by atoms with Crippen LogP contribution in [0.25, 0.3) is 0 Å². The Bertz CT molecular complexity index is 54.4. The Hall–Kier alpha value is -0.860. The fraction of sp³-hybridized carbons (Fsp3) is 0.333.